The maximum Gasteiger partial charge on any atom is 0.304 e. The number of carboxylic acids is 1. The van der Waals surface area contributed by atoms with Gasteiger partial charge in [-0.25, -0.2) is 8.42 Å². The number of para-hydroxylation sites is 1. The van der Waals surface area contributed by atoms with Gasteiger partial charge in [0, 0.05) is 19.1 Å². The van der Waals surface area contributed by atoms with Crippen molar-refractivity contribution in [2.24, 2.45) is 0 Å². The van der Waals surface area contributed by atoms with E-state index in [1.807, 2.05) is 35.2 Å². The third-order valence-corrected chi connectivity index (χ3v) is 5.15. The highest BCUT2D eigenvalue weighted by molar-refractivity contribution is 7.91. The zero-order valence-electron chi connectivity index (χ0n) is 11.6. The summed E-state index contributed by atoms with van der Waals surface area (Å²) in [6.07, 6.45) is -0.162. The SMILES string of the molecule is O=C(O)CC1CS(=O)(=O)CCN1CCOc1ccccc1. The van der Waals surface area contributed by atoms with Gasteiger partial charge in [0.05, 0.1) is 17.9 Å². The van der Waals surface area contributed by atoms with E-state index in [4.69, 9.17) is 9.84 Å². The maximum absolute atomic E-state index is 11.6. The highest BCUT2D eigenvalue weighted by Crippen LogP contribution is 2.15. The van der Waals surface area contributed by atoms with Crippen molar-refractivity contribution in [3.8, 4) is 5.75 Å². The minimum absolute atomic E-state index is 0.0778. The number of ether oxygens (including phenoxy) is 1. The van der Waals surface area contributed by atoms with Gasteiger partial charge in [0.15, 0.2) is 9.84 Å². The molecule has 1 N–H and O–H groups in total. The summed E-state index contributed by atoms with van der Waals surface area (Å²) in [6, 6.07) is 8.85. The van der Waals surface area contributed by atoms with Crippen LogP contribution in [0.15, 0.2) is 30.3 Å². The molecule has 7 heteroatoms. The van der Waals surface area contributed by atoms with Crippen LogP contribution in [0, 0.1) is 0 Å². The van der Waals surface area contributed by atoms with Crippen molar-refractivity contribution in [1.29, 1.82) is 0 Å². The van der Waals surface area contributed by atoms with Gasteiger partial charge in [0.25, 0.3) is 0 Å². The molecule has 116 valence electrons. The monoisotopic (exact) mass is 313 g/mol. The third-order valence-electron chi connectivity index (χ3n) is 3.45. The van der Waals surface area contributed by atoms with E-state index in [0.717, 1.165) is 5.75 Å². The standard InChI is InChI=1S/C14H19NO5S/c16-14(17)10-12-11-21(18,19)9-7-15(12)6-8-20-13-4-2-1-3-5-13/h1-5,12H,6-11H2,(H,16,17). The predicted octanol–water partition coefficient (Wildman–Crippen LogP) is 0.639. The number of hydrogen-bond donors (Lipinski definition) is 1. The Hall–Kier alpha value is -1.60. The van der Waals surface area contributed by atoms with Gasteiger partial charge in [0.2, 0.25) is 0 Å². The highest BCUT2D eigenvalue weighted by Gasteiger charge is 2.32. The average molecular weight is 313 g/mol. The van der Waals surface area contributed by atoms with E-state index in [1.165, 1.54) is 0 Å². The summed E-state index contributed by atoms with van der Waals surface area (Å²) in [6.45, 7) is 1.28. The van der Waals surface area contributed by atoms with Gasteiger partial charge in [0.1, 0.15) is 12.4 Å². The number of benzene rings is 1. The molecule has 0 saturated carbocycles. The van der Waals surface area contributed by atoms with E-state index in [0.29, 0.717) is 19.7 Å². The van der Waals surface area contributed by atoms with E-state index in [-0.39, 0.29) is 17.9 Å². The lowest BCUT2D eigenvalue weighted by atomic mass is 10.2. The summed E-state index contributed by atoms with van der Waals surface area (Å²) < 4.78 is 28.8. The van der Waals surface area contributed by atoms with Crippen molar-refractivity contribution in [3.05, 3.63) is 30.3 Å². The second-order valence-corrected chi connectivity index (χ2v) is 7.29. The molecule has 1 saturated heterocycles. The van der Waals surface area contributed by atoms with Gasteiger partial charge in [-0.05, 0) is 12.1 Å². The molecule has 1 aliphatic heterocycles. The number of hydrogen-bond acceptors (Lipinski definition) is 5. The minimum Gasteiger partial charge on any atom is -0.492 e. The molecule has 2 rings (SSSR count). The number of aliphatic carboxylic acids is 1. The fourth-order valence-electron chi connectivity index (χ4n) is 2.40. The second-order valence-electron chi connectivity index (χ2n) is 5.06. The smallest absolute Gasteiger partial charge is 0.304 e. The number of nitrogens with zero attached hydrogens (tertiary/aromatic N) is 1. The van der Waals surface area contributed by atoms with E-state index in [2.05, 4.69) is 0 Å². The molecule has 1 unspecified atom stereocenters. The Kier molecular flexibility index (Phi) is 5.19. The molecule has 0 spiro atoms. The topological polar surface area (TPSA) is 83.9 Å². The van der Waals surface area contributed by atoms with E-state index in [1.54, 1.807) is 0 Å². The van der Waals surface area contributed by atoms with Crippen LogP contribution in [0.4, 0.5) is 0 Å². The van der Waals surface area contributed by atoms with Crippen LogP contribution in [0.3, 0.4) is 0 Å². The quantitative estimate of drug-likeness (QED) is 0.830. The molecule has 21 heavy (non-hydrogen) atoms. The summed E-state index contributed by atoms with van der Waals surface area (Å²) in [5, 5.41) is 8.90. The zero-order valence-corrected chi connectivity index (χ0v) is 12.5. The first-order valence-corrected chi connectivity index (χ1v) is 8.62. The lowest BCUT2D eigenvalue weighted by Gasteiger charge is -2.34. The van der Waals surface area contributed by atoms with Gasteiger partial charge in [-0.1, -0.05) is 18.2 Å². The molecule has 1 aliphatic rings. The van der Waals surface area contributed by atoms with Crippen LogP contribution in [0.25, 0.3) is 0 Å². The summed E-state index contributed by atoms with van der Waals surface area (Å²) >= 11 is 0. The van der Waals surface area contributed by atoms with E-state index < -0.39 is 21.8 Å². The number of sulfone groups is 1. The molecule has 0 amide bonds. The molecule has 0 radical (unpaired) electrons. The van der Waals surface area contributed by atoms with Gasteiger partial charge in [-0.3, -0.25) is 9.69 Å². The molecule has 0 bridgehead atoms. The van der Waals surface area contributed by atoms with Crippen molar-refractivity contribution in [1.82, 2.24) is 4.90 Å². The number of carbonyl (C=O) groups is 1. The van der Waals surface area contributed by atoms with Crippen molar-refractivity contribution in [2.75, 3.05) is 31.2 Å². The van der Waals surface area contributed by atoms with Gasteiger partial charge >= 0.3 is 5.97 Å². The molecule has 6 nitrogen and oxygen atoms in total. The Bertz CT molecular complexity index is 572. The van der Waals surface area contributed by atoms with Crippen LogP contribution in [-0.2, 0) is 14.6 Å². The first-order valence-electron chi connectivity index (χ1n) is 6.80. The zero-order chi connectivity index (χ0) is 15.3. The molecule has 1 fully saturated rings. The Balaban J connectivity index is 1.89. The fourth-order valence-corrected chi connectivity index (χ4v) is 4.00. The van der Waals surface area contributed by atoms with E-state index >= 15 is 0 Å². The lowest BCUT2D eigenvalue weighted by molar-refractivity contribution is -0.138. The van der Waals surface area contributed by atoms with Crippen LogP contribution >= 0.6 is 0 Å². The normalized spacial score (nSPS) is 21.8. The van der Waals surface area contributed by atoms with Gasteiger partial charge < -0.3 is 9.84 Å². The number of carboxylic acid groups (broad SMARTS) is 1. The molecular weight excluding hydrogens is 294 g/mol. The summed E-state index contributed by atoms with van der Waals surface area (Å²) in [7, 11) is -3.13. The van der Waals surface area contributed by atoms with E-state index in [9.17, 15) is 13.2 Å². The van der Waals surface area contributed by atoms with Crippen LogP contribution in [0.5, 0.6) is 5.75 Å². The van der Waals surface area contributed by atoms with Crippen LogP contribution in [-0.4, -0.2) is 61.6 Å². The number of rotatable bonds is 6. The summed E-state index contributed by atoms with van der Waals surface area (Å²) in [4.78, 5) is 12.8. The van der Waals surface area contributed by atoms with Gasteiger partial charge in [-0.2, -0.15) is 0 Å². The van der Waals surface area contributed by atoms with Crippen molar-refractivity contribution in [3.63, 3.8) is 0 Å². The Morgan fingerprint density at radius 1 is 1.33 bits per heavy atom. The average Bonchev–Trinajstić information content (AvgIpc) is 2.41. The third kappa shape index (κ3) is 5.02. The fraction of sp³-hybridized carbons (Fsp3) is 0.500. The second kappa shape index (κ2) is 6.91. The van der Waals surface area contributed by atoms with Crippen LogP contribution in [0.2, 0.25) is 0 Å². The van der Waals surface area contributed by atoms with Crippen LogP contribution in [0.1, 0.15) is 6.42 Å². The molecular formula is C14H19NO5S. The molecule has 1 heterocycles. The predicted molar refractivity (Wildman–Crippen MR) is 78.2 cm³/mol. The molecule has 1 atom stereocenters. The van der Waals surface area contributed by atoms with Crippen molar-refractivity contribution in [2.45, 2.75) is 12.5 Å². The highest BCUT2D eigenvalue weighted by atomic mass is 32.2. The molecule has 1 aromatic rings. The summed E-state index contributed by atoms with van der Waals surface area (Å²) in [5.41, 5.74) is 0. The molecule has 0 aliphatic carbocycles. The van der Waals surface area contributed by atoms with Gasteiger partial charge in [-0.15, -0.1) is 0 Å². The minimum atomic E-state index is -3.13. The lowest BCUT2D eigenvalue weighted by Crippen LogP contribution is -2.50. The van der Waals surface area contributed by atoms with Crippen LogP contribution < -0.4 is 4.74 Å². The van der Waals surface area contributed by atoms with Crippen molar-refractivity contribution >= 4 is 15.8 Å². The molecule has 0 aromatic heterocycles. The molecule has 1 aromatic carbocycles. The maximum atomic E-state index is 11.6. The first kappa shape index (κ1) is 15.8. The Labute approximate surface area is 124 Å². The Morgan fingerprint density at radius 3 is 2.71 bits per heavy atom. The van der Waals surface area contributed by atoms with Crippen molar-refractivity contribution < 1.29 is 23.1 Å². The summed E-state index contributed by atoms with van der Waals surface area (Å²) in [5.74, 6) is -0.248. The Morgan fingerprint density at radius 2 is 2.05 bits per heavy atom. The first-order chi connectivity index (χ1) is 9.96. The largest absolute Gasteiger partial charge is 0.492 e.